The predicted molar refractivity (Wildman–Crippen MR) is 108 cm³/mol. The van der Waals surface area contributed by atoms with E-state index in [-0.39, 0.29) is 11.8 Å². The zero-order chi connectivity index (χ0) is 19.5. The van der Waals surface area contributed by atoms with Gasteiger partial charge in [-0.2, -0.15) is 0 Å². The van der Waals surface area contributed by atoms with Crippen molar-refractivity contribution in [3.63, 3.8) is 0 Å². The lowest BCUT2D eigenvalue weighted by atomic mass is 10.0. The van der Waals surface area contributed by atoms with Crippen LogP contribution in [0, 0.1) is 0 Å². The highest BCUT2D eigenvalue weighted by atomic mass is 16.5. The van der Waals surface area contributed by atoms with Crippen LogP contribution in [0.25, 0.3) is 0 Å². The fourth-order valence-corrected chi connectivity index (χ4v) is 3.70. The van der Waals surface area contributed by atoms with E-state index in [1.54, 1.807) is 6.92 Å². The van der Waals surface area contributed by atoms with Gasteiger partial charge in [0.25, 0.3) is 5.91 Å². The van der Waals surface area contributed by atoms with Crippen molar-refractivity contribution < 1.29 is 14.3 Å². The number of likely N-dealkylation sites (tertiary alicyclic amines) is 1. The van der Waals surface area contributed by atoms with E-state index < -0.39 is 12.1 Å². The average molecular weight is 379 g/mol. The summed E-state index contributed by atoms with van der Waals surface area (Å²) in [6.07, 6.45) is 2.77. The van der Waals surface area contributed by atoms with Crippen LogP contribution in [0.5, 0.6) is 5.75 Å². The molecule has 2 aromatic rings. The highest BCUT2D eigenvalue weighted by Crippen LogP contribution is 2.33. The zero-order valence-corrected chi connectivity index (χ0v) is 16.0. The van der Waals surface area contributed by atoms with Crippen LogP contribution in [-0.4, -0.2) is 35.9 Å². The molecule has 2 aliphatic heterocycles. The van der Waals surface area contributed by atoms with Crippen molar-refractivity contribution in [1.82, 2.24) is 4.90 Å². The van der Waals surface area contributed by atoms with Crippen LogP contribution in [0.15, 0.2) is 48.5 Å². The fourth-order valence-electron chi connectivity index (χ4n) is 3.70. The lowest BCUT2D eigenvalue weighted by Crippen LogP contribution is -2.41. The Hall–Kier alpha value is -3.02. The Morgan fingerprint density at radius 1 is 1.14 bits per heavy atom. The third kappa shape index (κ3) is 3.81. The quantitative estimate of drug-likeness (QED) is 0.852. The Balaban J connectivity index is 1.60. The summed E-state index contributed by atoms with van der Waals surface area (Å²) in [5, 5.41) is 6.23. The van der Waals surface area contributed by atoms with Crippen molar-refractivity contribution in [3.8, 4) is 5.75 Å². The summed E-state index contributed by atoms with van der Waals surface area (Å²) in [6, 6.07) is 14.8. The largest absolute Gasteiger partial charge is 0.479 e. The van der Waals surface area contributed by atoms with Gasteiger partial charge in [-0.25, -0.2) is 0 Å². The SMILES string of the molecule is C[C@H]1Oc2ccc(N[C@@H](C(=O)N3CCCCC3)c3ccccc3)cc2NC1=O. The van der Waals surface area contributed by atoms with Crippen LogP contribution in [-0.2, 0) is 9.59 Å². The molecule has 1 saturated heterocycles. The van der Waals surface area contributed by atoms with Crippen LogP contribution in [0.4, 0.5) is 11.4 Å². The number of hydrogen-bond donors (Lipinski definition) is 2. The van der Waals surface area contributed by atoms with Gasteiger partial charge >= 0.3 is 0 Å². The number of amides is 2. The van der Waals surface area contributed by atoms with Crippen LogP contribution >= 0.6 is 0 Å². The van der Waals surface area contributed by atoms with Gasteiger partial charge in [0, 0.05) is 18.8 Å². The van der Waals surface area contributed by atoms with E-state index in [9.17, 15) is 9.59 Å². The molecule has 0 radical (unpaired) electrons. The van der Waals surface area contributed by atoms with E-state index in [1.807, 2.05) is 53.4 Å². The van der Waals surface area contributed by atoms with Gasteiger partial charge in [-0.3, -0.25) is 9.59 Å². The summed E-state index contributed by atoms with van der Waals surface area (Å²) in [4.78, 5) is 27.1. The van der Waals surface area contributed by atoms with Crippen molar-refractivity contribution in [2.24, 2.45) is 0 Å². The Morgan fingerprint density at radius 2 is 1.89 bits per heavy atom. The summed E-state index contributed by atoms with van der Waals surface area (Å²) in [5.74, 6) is 0.544. The Kier molecular flexibility index (Phi) is 5.19. The van der Waals surface area contributed by atoms with Gasteiger partial charge in [0.2, 0.25) is 5.91 Å². The van der Waals surface area contributed by atoms with E-state index >= 15 is 0 Å². The van der Waals surface area contributed by atoms with Gasteiger partial charge in [-0.15, -0.1) is 0 Å². The first-order valence-electron chi connectivity index (χ1n) is 9.83. The number of piperidine rings is 1. The summed E-state index contributed by atoms with van der Waals surface area (Å²) in [6.45, 7) is 3.32. The number of carbonyl (C=O) groups excluding carboxylic acids is 2. The minimum atomic E-state index is -0.510. The first kappa shape index (κ1) is 18.3. The van der Waals surface area contributed by atoms with Gasteiger partial charge in [0.05, 0.1) is 5.69 Å². The summed E-state index contributed by atoms with van der Waals surface area (Å²) in [7, 11) is 0. The fraction of sp³-hybridized carbons (Fsp3) is 0.364. The molecule has 146 valence electrons. The molecular weight excluding hydrogens is 354 g/mol. The van der Waals surface area contributed by atoms with Crippen LogP contribution in [0.3, 0.4) is 0 Å². The summed E-state index contributed by atoms with van der Waals surface area (Å²) >= 11 is 0. The number of fused-ring (bicyclic) bond motifs is 1. The molecule has 2 amide bonds. The second-order valence-corrected chi connectivity index (χ2v) is 7.33. The van der Waals surface area contributed by atoms with Crippen molar-refractivity contribution in [1.29, 1.82) is 0 Å². The maximum absolute atomic E-state index is 13.3. The molecular formula is C22H25N3O3. The minimum Gasteiger partial charge on any atom is -0.479 e. The van der Waals surface area contributed by atoms with Crippen molar-refractivity contribution in [3.05, 3.63) is 54.1 Å². The second kappa shape index (κ2) is 7.92. The minimum absolute atomic E-state index is 0.0810. The van der Waals surface area contributed by atoms with Crippen LogP contribution < -0.4 is 15.4 Å². The Bertz CT molecular complexity index is 863. The molecule has 0 bridgehead atoms. The van der Waals surface area contributed by atoms with E-state index in [4.69, 9.17) is 4.74 Å². The molecule has 0 aliphatic carbocycles. The molecule has 6 nitrogen and oxygen atoms in total. The molecule has 28 heavy (non-hydrogen) atoms. The molecule has 0 spiro atoms. The first-order valence-corrected chi connectivity index (χ1v) is 9.83. The van der Waals surface area contributed by atoms with E-state index in [1.165, 1.54) is 6.42 Å². The number of nitrogens with one attached hydrogen (secondary N) is 2. The highest BCUT2D eigenvalue weighted by molar-refractivity contribution is 5.98. The van der Waals surface area contributed by atoms with Gasteiger partial charge in [0.15, 0.2) is 6.10 Å². The molecule has 2 aromatic carbocycles. The van der Waals surface area contributed by atoms with E-state index in [2.05, 4.69) is 10.6 Å². The topological polar surface area (TPSA) is 70.7 Å². The standard InChI is InChI=1S/C22H25N3O3/c1-15-21(26)24-18-14-17(10-11-19(18)28-15)23-20(16-8-4-2-5-9-16)22(27)25-12-6-3-7-13-25/h2,4-5,8-11,14-15,20,23H,3,6-7,12-13H2,1H3,(H,24,26)/t15-,20-/m1/s1. The molecule has 0 saturated carbocycles. The second-order valence-electron chi connectivity index (χ2n) is 7.33. The third-order valence-corrected chi connectivity index (χ3v) is 5.27. The first-order chi connectivity index (χ1) is 13.6. The third-order valence-electron chi connectivity index (χ3n) is 5.27. The number of nitrogens with zero attached hydrogens (tertiary/aromatic N) is 1. The lowest BCUT2D eigenvalue weighted by Gasteiger charge is -2.31. The van der Waals surface area contributed by atoms with E-state index in [0.717, 1.165) is 37.2 Å². The lowest BCUT2D eigenvalue weighted by molar-refractivity contribution is -0.133. The maximum Gasteiger partial charge on any atom is 0.265 e. The van der Waals surface area contributed by atoms with Crippen molar-refractivity contribution in [2.45, 2.75) is 38.3 Å². The van der Waals surface area contributed by atoms with Crippen LogP contribution in [0.2, 0.25) is 0 Å². The Morgan fingerprint density at radius 3 is 2.64 bits per heavy atom. The smallest absolute Gasteiger partial charge is 0.265 e. The molecule has 2 atom stereocenters. The average Bonchev–Trinajstić information content (AvgIpc) is 2.74. The van der Waals surface area contributed by atoms with Gasteiger partial charge < -0.3 is 20.3 Å². The molecule has 2 aliphatic rings. The van der Waals surface area contributed by atoms with Gasteiger partial charge in [0.1, 0.15) is 11.8 Å². The molecule has 0 aromatic heterocycles. The normalized spacial score (nSPS) is 19.8. The summed E-state index contributed by atoms with van der Waals surface area (Å²) in [5.41, 5.74) is 2.30. The van der Waals surface area contributed by atoms with Gasteiger partial charge in [-0.1, -0.05) is 30.3 Å². The number of rotatable bonds is 4. The molecule has 4 rings (SSSR count). The zero-order valence-electron chi connectivity index (χ0n) is 16.0. The molecule has 2 N–H and O–H groups in total. The predicted octanol–water partition coefficient (Wildman–Crippen LogP) is 3.57. The molecule has 0 unspecified atom stereocenters. The van der Waals surface area contributed by atoms with Crippen molar-refractivity contribution in [2.75, 3.05) is 23.7 Å². The van der Waals surface area contributed by atoms with Crippen molar-refractivity contribution >= 4 is 23.2 Å². The number of anilines is 2. The number of benzene rings is 2. The van der Waals surface area contributed by atoms with Gasteiger partial charge in [-0.05, 0) is 49.9 Å². The highest BCUT2D eigenvalue weighted by Gasteiger charge is 2.28. The van der Waals surface area contributed by atoms with E-state index in [0.29, 0.717) is 11.4 Å². The molecule has 2 heterocycles. The molecule has 6 heteroatoms. The molecule has 1 fully saturated rings. The Labute approximate surface area is 164 Å². The number of hydrogen-bond acceptors (Lipinski definition) is 4. The summed E-state index contributed by atoms with van der Waals surface area (Å²) < 4.78 is 5.62. The van der Waals surface area contributed by atoms with Crippen LogP contribution in [0.1, 0.15) is 37.8 Å². The maximum atomic E-state index is 13.3. The number of ether oxygens (including phenoxy) is 1. The number of carbonyl (C=O) groups is 2. The monoisotopic (exact) mass is 379 g/mol.